The highest BCUT2D eigenvalue weighted by Gasteiger charge is 2.25. The van der Waals surface area contributed by atoms with E-state index in [4.69, 9.17) is 4.74 Å². The summed E-state index contributed by atoms with van der Waals surface area (Å²) in [4.78, 5) is 23.9. The monoisotopic (exact) mass is 285 g/mol. The van der Waals surface area contributed by atoms with Crippen LogP contribution in [0.3, 0.4) is 0 Å². The zero-order chi connectivity index (χ0) is 15.7. The van der Waals surface area contributed by atoms with Gasteiger partial charge in [-0.25, -0.2) is 0 Å². The highest BCUT2D eigenvalue weighted by atomic mass is 16.5. The fourth-order valence-corrected chi connectivity index (χ4v) is 2.87. The number of benzene rings is 1. The van der Waals surface area contributed by atoms with Crippen LogP contribution in [0.1, 0.15) is 46.0 Å². The normalized spacial score (nSPS) is 10.5. The SMILES string of the molecule is COc1ccccc1-n1c(C)c(C(C)=O)c(C(C)=O)c1C. The lowest BCUT2D eigenvalue weighted by molar-refractivity contribution is 0.0981. The first kappa shape index (κ1) is 15.0. The number of rotatable bonds is 4. The first-order valence-electron chi connectivity index (χ1n) is 6.77. The first-order chi connectivity index (χ1) is 9.90. The Bertz CT molecular complexity index is 688. The average Bonchev–Trinajstić information content (AvgIpc) is 2.70. The minimum atomic E-state index is -0.102. The molecule has 0 fully saturated rings. The number of carbonyl (C=O) groups is 2. The van der Waals surface area contributed by atoms with Gasteiger partial charge in [-0.1, -0.05) is 12.1 Å². The van der Waals surface area contributed by atoms with Crippen LogP contribution in [0.4, 0.5) is 0 Å². The van der Waals surface area contributed by atoms with Crippen LogP contribution in [-0.4, -0.2) is 23.2 Å². The molecule has 0 aliphatic rings. The van der Waals surface area contributed by atoms with Crippen LogP contribution in [0, 0.1) is 13.8 Å². The number of carbonyl (C=O) groups excluding carboxylic acids is 2. The molecule has 4 nitrogen and oxygen atoms in total. The number of aromatic nitrogens is 1. The highest BCUT2D eigenvalue weighted by Crippen LogP contribution is 2.31. The predicted molar refractivity (Wildman–Crippen MR) is 81.8 cm³/mol. The summed E-state index contributed by atoms with van der Waals surface area (Å²) in [5.74, 6) is 0.493. The van der Waals surface area contributed by atoms with Crippen molar-refractivity contribution in [2.45, 2.75) is 27.7 Å². The molecular weight excluding hydrogens is 266 g/mol. The van der Waals surface area contributed by atoms with Crippen molar-refractivity contribution in [3.63, 3.8) is 0 Å². The molecule has 0 unspecified atom stereocenters. The molecule has 2 rings (SSSR count). The number of hydrogen-bond donors (Lipinski definition) is 0. The van der Waals surface area contributed by atoms with Gasteiger partial charge in [0.1, 0.15) is 5.75 Å². The molecule has 0 radical (unpaired) electrons. The van der Waals surface area contributed by atoms with Crippen molar-refractivity contribution in [1.29, 1.82) is 0 Å². The van der Waals surface area contributed by atoms with Crippen LogP contribution in [0.2, 0.25) is 0 Å². The lowest BCUT2D eigenvalue weighted by Crippen LogP contribution is -2.03. The van der Waals surface area contributed by atoms with E-state index >= 15 is 0 Å². The van der Waals surface area contributed by atoms with E-state index < -0.39 is 0 Å². The van der Waals surface area contributed by atoms with Gasteiger partial charge in [-0.3, -0.25) is 9.59 Å². The molecule has 0 bridgehead atoms. The number of hydrogen-bond acceptors (Lipinski definition) is 3. The summed E-state index contributed by atoms with van der Waals surface area (Å²) in [5.41, 5.74) is 3.33. The van der Waals surface area contributed by atoms with Gasteiger partial charge in [0.15, 0.2) is 11.6 Å². The van der Waals surface area contributed by atoms with Gasteiger partial charge in [0.25, 0.3) is 0 Å². The van der Waals surface area contributed by atoms with E-state index in [1.54, 1.807) is 7.11 Å². The van der Waals surface area contributed by atoms with Gasteiger partial charge in [-0.2, -0.15) is 0 Å². The summed E-state index contributed by atoms with van der Waals surface area (Å²) in [6.07, 6.45) is 0. The maximum atomic E-state index is 11.9. The zero-order valence-electron chi connectivity index (χ0n) is 13.0. The lowest BCUT2D eigenvalue weighted by atomic mass is 10.0. The Labute approximate surface area is 124 Å². The van der Waals surface area contributed by atoms with Gasteiger partial charge in [0.05, 0.1) is 12.8 Å². The minimum absolute atomic E-state index is 0.102. The van der Waals surface area contributed by atoms with Gasteiger partial charge < -0.3 is 9.30 Å². The van der Waals surface area contributed by atoms with Crippen molar-refractivity contribution >= 4 is 11.6 Å². The standard InChI is InChI=1S/C17H19NO3/c1-10-16(12(3)19)17(13(4)20)11(2)18(10)14-8-6-7-9-15(14)21-5/h6-9H,1-5H3. The molecule has 0 atom stereocenters. The lowest BCUT2D eigenvalue weighted by Gasteiger charge is -2.13. The summed E-state index contributed by atoms with van der Waals surface area (Å²) in [6.45, 7) is 6.67. The fourth-order valence-electron chi connectivity index (χ4n) is 2.87. The molecule has 0 aliphatic heterocycles. The summed E-state index contributed by atoms with van der Waals surface area (Å²) in [5, 5.41) is 0. The Morgan fingerprint density at radius 3 is 1.86 bits per heavy atom. The summed E-state index contributed by atoms with van der Waals surface area (Å²) >= 11 is 0. The molecular formula is C17H19NO3. The Balaban J connectivity index is 2.85. The van der Waals surface area contributed by atoms with Gasteiger partial charge in [-0.05, 0) is 39.8 Å². The molecule has 0 spiro atoms. The second-order valence-electron chi connectivity index (χ2n) is 5.04. The molecule has 1 heterocycles. The highest BCUT2D eigenvalue weighted by molar-refractivity contribution is 6.09. The van der Waals surface area contributed by atoms with Gasteiger partial charge >= 0.3 is 0 Å². The Hall–Kier alpha value is -2.36. The Morgan fingerprint density at radius 1 is 0.952 bits per heavy atom. The molecule has 4 heteroatoms. The third-order valence-electron chi connectivity index (χ3n) is 3.67. The average molecular weight is 285 g/mol. The van der Waals surface area contributed by atoms with E-state index in [2.05, 4.69) is 0 Å². The smallest absolute Gasteiger partial charge is 0.162 e. The van der Waals surface area contributed by atoms with Crippen LogP contribution in [0.15, 0.2) is 24.3 Å². The Morgan fingerprint density at radius 2 is 1.43 bits per heavy atom. The maximum Gasteiger partial charge on any atom is 0.162 e. The third kappa shape index (κ3) is 2.37. The molecule has 1 aromatic heterocycles. The van der Waals surface area contributed by atoms with Crippen molar-refractivity contribution in [3.05, 3.63) is 46.8 Å². The van der Waals surface area contributed by atoms with Gasteiger partial charge in [0, 0.05) is 22.5 Å². The van der Waals surface area contributed by atoms with Crippen molar-refractivity contribution in [2.75, 3.05) is 7.11 Å². The molecule has 2 aromatic rings. The number of para-hydroxylation sites is 2. The summed E-state index contributed by atoms with van der Waals surface area (Å²) in [7, 11) is 1.60. The number of ether oxygens (including phenoxy) is 1. The molecule has 0 N–H and O–H groups in total. The number of nitrogens with zero attached hydrogens (tertiary/aromatic N) is 1. The van der Waals surface area contributed by atoms with Crippen LogP contribution >= 0.6 is 0 Å². The third-order valence-corrected chi connectivity index (χ3v) is 3.67. The largest absolute Gasteiger partial charge is 0.495 e. The van der Waals surface area contributed by atoms with Gasteiger partial charge in [-0.15, -0.1) is 0 Å². The molecule has 110 valence electrons. The number of methoxy groups -OCH3 is 1. The van der Waals surface area contributed by atoms with Crippen LogP contribution in [0.5, 0.6) is 5.75 Å². The predicted octanol–water partition coefficient (Wildman–Crippen LogP) is 3.51. The topological polar surface area (TPSA) is 48.3 Å². The molecule has 0 saturated carbocycles. The quantitative estimate of drug-likeness (QED) is 0.808. The molecule has 21 heavy (non-hydrogen) atoms. The summed E-state index contributed by atoms with van der Waals surface area (Å²) < 4.78 is 7.30. The van der Waals surface area contributed by atoms with E-state index in [1.165, 1.54) is 13.8 Å². The van der Waals surface area contributed by atoms with E-state index in [9.17, 15) is 9.59 Å². The summed E-state index contributed by atoms with van der Waals surface area (Å²) in [6, 6.07) is 7.55. The Kier molecular flexibility index (Phi) is 3.98. The van der Waals surface area contributed by atoms with E-state index in [1.807, 2.05) is 42.7 Å². The molecule has 0 amide bonds. The second kappa shape index (κ2) is 5.56. The van der Waals surface area contributed by atoms with Crippen molar-refractivity contribution in [3.8, 4) is 11.4 Å². The van der Waals surface area contributed by atoms with Crippen LogP contribution in [-0.2, 0) is 0 Å². The maximum absolute atomic E-state index is 11.9. The minimum Gasteiger partial charge on any atom is -0.495 e. The van der Waals surface area contributed by atoms with Crippen LogP contribution < -0.4 is 4.74 Å². The number of Topliss-reactive ketones (excluding diaryl/α,β-unsaturated/α-hetero) is 2. The molecule has 0 saturated heterocycles. The van der Waals surface area contributed by atoms with Crippen molar-refractivity contribution < 1.29 is 14.3 Å². The zero-order valence-corrected chi connectivity index (χ0v) is 13.0. The van der Waals surface area contributed by atoms with Crippen molar-refractivity contribution in [1.82, 2.24) is 4.57 Å². The van der Waals surface area contributed by atoms with E-state index in [0.717, 1.165) is 17.1 Å². The van der Waals surface area contributed by atoms with Gasteiger partial charge in [0.2, 0.25) is 0 Å². The number of ketones is 2. The first-order valence-corrected chi connectivity index (χ1v) is 6.77. The van der Waals surface area contributed by atoms with Crippen molar-refractivity contribution in [2.24, 2.45) is 0 Å². The van der Waals surface area contributed by atoms with E-state index in [0.29, 0.717) is 16.9 Å². The van der Waals surface area contributed by atoms with E-state index in [-0.39, 0.29) is 11.6 Å². The molecule has 0 aliphatic carbocycles. The van der Waals surface area contributed by atoms with Crippen LogP contribution in [0.25, 0.3) is 5.69 Å². The second-order valence-corrected chi connectivity index (χ2v) is 5.04. The molecule has 1 aromatic carbocycles. The fraction of sp³-hybridized carbons (Fsp3) is 0.294.